The Kier molecular flexibility index (Phi) is 5.83. The van der Waals surface area contributed by atoms with Crippen LogP contribution in [0.1, 0.15) is 51.9 Å². The van der Waals surface area contributed by atoms with E-state index in [1.165, 1.54) is 6.42 Å². The molecular weight excluding hydrogens is 304 g/mol. The zero-order valence-electron chi connectivity index (χ0n) is 13.2. The van der Waals surface area contributed by atoms with Crippen molar-refractivity contribution in [1.29, 1.82) is 0 Å². The van der Waals surface area contributed by atoms with Crippen molar-refractivity contribution >= 4 is 21.7 Å². The fourth-order valence-electron chi connectivity index (χ4n) is 3.42. The molecular formula is C15H26N2O4S. The van der Waals surface area contributed by atoms with Crippen molar-refractivity contribution in [3.63, 3.8) is 0 Å². The quantitative estimate of drug-likeness (QED) is 0.758. The number of sulfone groups is 1. The predicted octanol–water partition coefficient (Wildman–Crippen LogP) is 0.861. The summed E-state index contributed by atoms with van der Waals surface area (Å²) in [5.41, 5.74) is 0. The molecule has 2 rings (SSSR count). The van der Waals surface area contributed by atoms with Crippen LogP contribution in [0.4, 0.5) is 0 Å². The lowest BCUT2D eigenvalue weighted by Gasteiger charge is -2.27. The number of nitrogens with zero attached hydrogens (tertiary/aromatic N) is 1. The van der Waals surface area contributed by atoms with Gasteiger partial charge in [0.15, 0.2) is 9.84 Å². The van der Waals surface area contributed by atoms with Crippen LogP contribution in [0, 0.1) is 0 Å². The van der Waals surface area contributed by atoms with Crippen LogP contribution in [-0.2, 0) is 19.4 Å². The summed E-state index contributed by atoms with van der Waals surface area (Å²) < 4.78 is 23.1. The van der Waals surface area contributed by atoms with Crippen LogP contribution >= 0.6 is 0 Å². The van der Waals surface area contributed by atoms with E-state index < -0.39 is 9.84 Å². The number of carbonyl (C=O) groups excluding carboxylic acids is 2. The van der Waals surface area contributed by atoms with E-state index in [4.69, 9.17) is 0 Å². The van der Waals surface area contributed by atoms with Gasteiger partial charge >= 0.3 is 0 Å². The van der Waals surface area contributed by atoms with Crippen LogP contribution < -0.4 is 5.32 Å². The van der Waals surface area contributed by atoms with E-state index in [1.54, 1.807) is 4.90 Å². The molecule has 6 nitrogen and oxygen atoms in total. The molecule has 22 heavy (non-hydrogen) atoms. The Morgan fingerprint density at radius 3 is 2.36 bits per heavy atom. The summed E-state index contributed by atoms with van der Waals surface area (Å²) in [6.45, 7) is 2.26. The molecule has 126 valence electrons. The van der Waals surface area contributed by atoms with Crippen molar-refractivity contribution in [3.05, 3.63) is 0 Å². The lowest BCUT2D eigenvalue weighted by molar-refractivity contribution is -0.137. The molecule has 0 spiro atoms. The zero-order chi connectivity index (χ0) is 16.2. The van der Waals surface area contributed by atoms with E-state index in [0.29, 0.717) is 13.0 Å². The van der Waals surface area contributed by atoms with Crippen molar-refractivity contribution in [2.24, 2.45) is 0 Å². The predicted molar refractivity (Wildman–Crippen MR) is 84.1 cm³/mol. The van der Waals surface area contributed by atoms with Gasteiger partial charge in [0.05, 0.1) is 11.5 Å². The standard InChI is InChI=1S/C15H26N2O4S/c1-2-17(13-8-9-22(20,21)11-13)15(19)10-14(18)16-12-6-4-3-5-7-12/h12-13H,2-11H2,1H3,(H,16,18). The van der Waals surface area contributed by atoms with Crippen molar-refractivity contribution in [2.45, 2.75) is 64.0 Å². The Morgan fingerprint density at radius 1 is 1.14 bits per heavy atom. The number of hydrogen-bond acceptors (Lipinski definition) is 4. The molecule has 2 amide bonds. The van der Waals surface area contributed by atoms with Crippen molar-refractivity contribution in [1.82, 2.24) is 10.2 Å². The molecule has 0 bridgehead atoms. The highest BCUT2D eigenvalue weighted by Crippen LogP contribution is 2.19. The monoisotopic (exact) mass is 330 g/mol. The summed E-state index contributed by atoms with van der Waals surface area (Å²) in [6.07, 6.45) is 5.73. The second-order valence-electron chi connectivity index (χ2n) is 6.32. The highest BCUT2D eigenvalue weighted by Gasteiger charge is 2.34. The van der Waals surface area contributed by atoms with Gasteiger partial charge in [0.1, 0.15) is 6.42 Å². The zero-order valence-corrected chi connectivity index (χ0v) is 14.0. The van der Waals surface area contributed by atoms with E-state index in [2.05, 4.69) is 5.32 Å². The van der Waals surface area contributed by atoms with Crippen molar-refractivity contribution in [2.75, 3.05) is 18.1 Å². The van der Waals surface area contributed by atoms with Crippen LogP contribution in [-0.4, -0.2) is 55.3 Å². The Hall–Kier alpha value is -1.11. The average molecular weight is 330 g/mol. The van der Waals surface area contributed by atoms with Crippen molar-refractivity contribution < 1.29 is 18.0 Å². The summed E-state index contributed by atoms with van der Waals surface area (Å²) in [7, 11) is -3.03. The summed E-state index contributed by atoms with van der Waals surface area (Å²) >= 11 is 0. The lowest BCUT2D eigenvalue weighted by atomic mass is 9.95. The first-order valence-corrected chi connectivity index (χ1v) is 10.0. The topological polar surface area (TPSA) is 83.6 Å². The molecule has 0 aromatic heterocycles. The van der Waals surface area contributed by atoms with Gasteiger partial charge in [-0.1, -0.05) is 19.3 Å². The first-order chi connectivity index (χ1) is 10.4. The van der Waals surface area contributed by atoms with Gasteiger partial charge in [0, 0.05) is 18.6 Å². The lowest BCUT2D eigenvalue weighted by Crippen LogP contribution is -2.44. The van der Waals surface area contributed by atoms with E-state index in [1.807, 2.05) is 6.92 Å². The summed E-state index contributed by atoms with van der Waals surface area (Å²) in [4.78, 5) is 25.8. The normalized spacial score (nSPS) is 24.9. The molecule has 1 N–H and O–H groups in total. The minimum Gasteiger partial charge on any atom is -0.353 e. The third-order valence-electron chi connectivity index (χ3n) is 4.59. The van der Waals surface area contributed by atoms with E-state index in [0.717, 1.165) is 25.7 Å². The average Bonchev–Trinajstić information content (AvgIpc) is 2.80. The minimum atomic E-state index is -3.03. The fourth-order valence-corrected chi connectivity index (χ4v) is 5.15. The third-order valence-corrected chi connectivity index (χ3v) is 6.34. The summed E-state index contributed by atoms with van der Waals surface area (Å²) in [6, 6.07) is -0.0824. The summed E-state index contributed by atoms with van der Waals surface area (Å²) in [5, 5.41) is 2.93. The van der Waals surface area contributed by atoms with Gasteiger partial charge < -0.3 is 10.2 Å². The van der Waals surface area contributed by atoms with Crippen LogP contribution in [0.3, 0.4) is 0 Å². The van der Waals surface area contributed by atoms with E-state index in [9.17, 15) is 18.0 Å². The molecule has 0 aromatic carbocycles. The Balaban J connectivity index is 1.85. The second kappa shape index (κ2) is 7.44. The SMILES string of the molecule is CCN(C(=O)CC(=O)NC1CCCCC1)C1CCS(=O)(=O)C1. The maximum absolute atomic E-state index is 12.3. The van der Waals surface area contributed by atoms with Gasteiger partial charge in [0.25, 0.3) is 0 Å². The van der Waals surface area contributed by atoms with Crippen LogP contribution in [0.15, 0.2) is 0 Å². The second-order valence-corrected chi connectivity index (χ2v) is 8.54. The first kappa shape index (κ1) is 17.2. The Morgan fingerprint density at radius 2 is 1.82 bits per heavy atom. The molecule has 1 aliphatic carbocycles. The molecule has 1 atom stereocenters. The molecule has 0 aromatic rings. The minimum absolute atomic E-state index is 0.0246. The Labute approximate surface area is 132 Å². The number of hydrogen-bond donors (Lipinski definition) is 1. The van der Waals surface area contributed by atoms with Gasteiger partial charge in [-0.25, -0.2) is 8.42 Å². The van der Waals surface area contributed by atoms with E-state index in [-0.39, 0.29) is 41.8 Å². The number of carbonyl (C=O) groups is 2. The Bertz CT molecular complexity index is 512. The molecule has 0 radical (unpaired) electrons. The highest BCUT2D eigenvalue weighted by molar-refractivity contribution is 7.91. The molecule has 2 aliphatic rings. The van der Waals surface area contributed by atoms with E-state index >= 15 is 0 Å². The van der Waals surface area contributed by atoms with Crippen LogP contribution in [0.5, 0.6) is 0 Å². The van der Waals surface area contributed by atoms with Gasteiger partial charge in [-0.2, -0.15) is 0 Å². The molecule has 1 saturated heterocycles. The van der Waals surface area contributed by atoms with Gasteiger partial charge in [-0.3, -0.25) is 9.59 Å². The smallest absolute Gasteiger partial charge is 0.232 e. The molecule has 1 heterocycles. The third kappa shape index (κ3) is 4.69. The van der Waals surface area contributed by atoms with Crippen molar-refractivity contribution in [3.8, 4) is 0 Å². The molecule has 2 fully saturated rings. The maximum Gasteiger partial charge on any atom is 0.232 e. The maximum atomic E-state index is 12.3. The summed E-state index contributed by atoms with van der Waals surface area (Å²) in [5.74, 6) is -0.346. The fraction of sp³-hybridized carbons (Fsp3) is 0.867. The van der Waals surface area contributed by atoms with Gasteiger partial charge in [0.2, 0.25) is 11.8 Å². The highest BCUT2D eigenvalue weighted by atomic mass is 32.2. The number of amides is 2. The molecule has 1 saturated carbocycles. The number of rotatable bonds is 5. The van der Waals surface area contributed by atoms with Gasteiger partial charge in [-0.05, 0) is 26.2 Å². The molecule has 1 unspecified atom stereocenters. The first-order valence-electron chi connectivity index (χ1n) is 8.20. The molecule has 1 aliphatic heterocycles. The largest absolute Gasteiger partial charge is 0.353 e. The van der Waals surface area contributed by atoms with Crippen LogP contribution in [0.2, 0.25) is 0 Å². The van der Waals surface area contributed by atoms with Crippen LogP contribution in [0.25, 0.3) is 0 Å². The van der Waals surface area contributed by atoms with Gasteiger partial charge in [-0.15, -0.1) is 0 Å². The number of nitrogens with one attached hydrogen (secondary N) is 1. The molecule has 7 heteroatoms.